The minimum Gasteiger partial charge on any atom is -0.494 e. The first-order chi connectivity index (χ1) is 9.13. The van der Waals surface area contributed by atoms with Crippen molar-refractivity contribution in [2.45, 2.75) is 26.8 Å². The van der Waals surface area contributed by atoms with Crippen LogP contribution in [0.2, 0.25) is 0 Å². The van der Waals surface area contributed by atoms with Gasteiger partial charge in [-0.05, 0) is 36.6 Å². The van der Waals surface area contributed by atoms with Gasteiger partial charge in [-0.2, -0.15) is 0 Å². The fourth-order valence-electron chi connectivity index (χ4n) is 1.67. The smallest absolute Gasteiger partial charge is 0.165 e. The zero-order valence-electron chi connectivity index (χ0n) is 12.0. The summed E-state index contributed by atoms with van der Waals surface area (Å²) < 4.78 is 23.8. The number of ether oxygens (including phenoxy) is 2. The largest absolute Gasteiger partial charge is 0.494 e. The molecule has 0 atom stereocenters. The Morgan fingerprint density at radius 3 is 2.74 bits per heavy atom. The SMILES string of the molecule is COc1ccc(CNCCCOCC(C)C)cc1F. The third-order valence-corrected chi connectivity index (χ3v) is 2.64. The van der Waals surface area contributed by atoms with Crippen LogP contribution in [-0.2, 0) is 11.3 Å². The van der Waals surface area contributed by atoms with Crippen LogP contribution in [0, 0.1) is 11.7 Å². The fourth-order valence-corrected chi connectivity index (χ4v) is 1.67. The van der Waals surface area contributed by atoms with Gasteiger partial charge in [-0.3, -0.25) is 0 Å². The lowest BCUT2D eigenvalue weighted by molar-refractivity contribution is 0.108. The Balaban J connectivity index is 2.14. The molecule has 0 spiro atoms. The first kappa shape index (κ1) is 15.9. The van der Waals surface area contributed by atoms with Gasteiger partial charge < -0.3 is 14.8 Å². The van der Waals surface area contributed by atoms with E-state index in [1.54, 1.807) is 6.07 Å². The monoisotopic (exact) mass is 269 g/mol. The lowest BCUT2D eigenvalue weighted by Crippen LogP contribution is -2.17. The highest BCUT2D eigenvalue weighted by Crippen LogP contribution is 2.17. The highest BCUT2D eigenvalue weighted by atomic mass is 19.1. The van der Waals surface area contributed by atoms with E-state index in [0.29, 0.717) is 12.5 Å². The first-order valence-corrected chi connectivity index (χ1v) is 6.74. The maximum absolute atomic E-state index is 13.4. The molecule has 1 N–H and O–H groups in total. The Kier molecular flexibility index (Phi) is 7.45. The molecule has 3 nitrogen and oxygen atoms in total. The minimum absolute atomic E-state index is 0.283. The average Bonchev–Trinajstić information content (AvgIpc) is 2.37. The Morgan fingerprint density at radius 1 is 1.32 bits per heavy atom. The van der Waals surface area contributed by atoms with Gasteiger partial charge in [0.15, 0.2) is 11.6 Å². The van der Waals surface area contributed by atoms with Gasteiger partial charge in [0.2, 0.25) is 0 Å². The highest BCUT2D eigenvalue weighted by molar-refractivity contribution is 5.29. The number of benzene rings is 1. The Bertz CT molecular complexity index is 369. The van der Waals surface area contributed by atoms with Gasteiger partial charge in [0.25, 0.3) is 0 Å². The summed E-state index contributed by atoms with van der Waals surface area (Å²) in [4.78, 5) is 0. The van der Waals surface area contributed by atoms with Crippen molar-refractivity contribution in [2.24, 2.45) is 5.92 Å². The summed E-state index contributed by atoms with van der Waals surface area (Å²) in [5.74, 6) is 0.545. The van der Waals surface area contributed by atoms with Crippen molar-refractivity contribution in [1.29, 1.82) is 0 Å². The topological polar surface area (TPSA) is 30.5 Å². The van der Waals surface area contributed by atoms with E-state index in [2.05, 4.69) is 19.2 Å². The van der Waals surface area contributed by atoms with Crippen molar-refractivity contribution in [3.63, 3.8) is 0 Å². The molecule has 0 saturated carbocycles. The lowest BCUT2D eigenvalue weighted by Gasteiger charge is -2.08. The van der Waals surface area contributed by atoms with Gasteiger partial charge in [-0.1, -0.05) is 19.9 Å². The van der Waals surface area contributed by atoms with Crippen LogP contribution in [0.25, 0.3) is 0 Å². The van der Waals surface area contributed by atoms with Gasteiger partial charge in [0, 0.05) is 19.8 Å². The Hall–Kier alpha value is -1.13. The van der Waals surface area contributed by atoms with E-state index in [4.69, 9.17) is 9.47 Å². The predicted molar refractivity (Wildman–Crippen MR) is 74.9 cm³/mol. The number of halogens is 1. The summed E-state index contributed by atoms with van der Waals surface area (Å²) in [5, 5.41) is 3.27. The molecule has 0 bridgehead atoms. The average molecular weight is 269 g/mol. The van der Waals surface area contributed by atoms with Crippen LogP contribution < -0.4 is 10.1 Å². The molecule has 19 heavy (non-hydrogen) atoms. The molecule has 1 rings (SSSR count). The Morgan fingerprint density at radius 2 is 2.11 bits per heavy atom. The molecule has 0 unspecified atom stereocenters. The predicted octanol–water partition coefficient (Wildman–Crippen LogP) is 2.99. The van der Waals surface area contributed by atoms with Crippen molar-refractivity contribution in [2.75, 3.05) is 26.9 Å². The van der Waals surface area contributed by atoms with Crippen molar-refractivity contribution < 1.29 is 13.9 Å². The van der Waals surface area contributed by atoms with Crippen LogP contribution >= 0.6 is 0 Å². The molecule has 1 aromatic carbocycles. The third-order valence-electron chi connectivity index (χ3n) is 2.64. The quantitative estimate of drug-likeness (QED) is 0.699. The first-order valence-electron chi connectivity index (χ1n) is 6.74. The van der Waals surface area contributed by atoms with Gasteiger partial charge in [-0.25, -0.2) is 4.39 Å². The molecule has 0 aliphatic heterocycles. The molecule has 0 amide bonds. The number of methoxy groups -OCH3 is 1. The van der Waals surface area contributed by atoms with Crippen LogP contribution in [0.15, 0.2) is 18.2 Å². The number of hydrogen-bond acceptors (Lipinski definition) is 3. The third kappa shape index (κ3) is 6.55. The molecule has 0 radical (unpaired) electrons. The summed E-state index contributed by atoms with van der Waals surface area (Å²) in [5.41, 5.74) is 0.918. The van der Waals surface area contributed by atoms with E-state index >= 15 is 0 Å². The molecular formula is C15H24FNO2. The fraction of sp³-hybridized carbons (Fsp3) is 0.600. The van der Waals surface area contributed by atoms with Crippen LogP contribution in [0.1, 0.15) is 25.8 Å². The normalized spacial score (nSPS) is 11.0. The standard InChI is InChI=1S/C15H24FNO2/c1-12(2)11-19-8-4-7-17-10-13-5-6-15(18-3)14(16)9-13/h5-6,9,12,17H,4,7-8,10-11H2,1-3H3. The summed E-state index contributed by atoms with van der Waals surface area (Å²) in [6, 6.07) is 5.02. The van der Waals surface area contributed by atoms with Gasteiger partial charge in [-0.15, -0.1) is 0 Å². The summed E-state index contributed by atoms with van der Waals surface area (Å²) in [6.07, 6.45) is 0.964. The minimum atomic E-state index is -0.318. The molecule has 0 heterocycles. The lowest BCUT2D eigenvalue weighted by atomic mass is 10.2. The Labute approximate surface area is 115 Å². The maximum atomic E-state index is 13.4. The summed E-state index contributed by atoms with van der Waals surface area (Å²) in [7, 11) is 1.47. The molecule has 108 valence electrons. The summed E-state index contributed by atoms with van der Waals surface area (Å²) in [6.45, 7) is 7.37. The zero-order valence-corrected chi connectivity index (χ0v) is 12.0. The molecule has 4 heteroatoms. The molecule has 0 fully saturated rings. The number of rotatable bonds is 9. The molecule has 0 aromatic heterocycles. The summed E-state index contributed by atoms with van der Waals surface area (Å²) >= 11 is 0. The van der Waals surface area contributed by atoms with Crippen molar-refractivity contribution in [3.05, 3.63) is 29.6 Å². The molecule has 1 aromatic rings. The van der Waals surface area contributed by atoms with E-state index in [1.807, 2.05) is 6.07 Å². The molecule has 0 aliphatic carbocycles. The second kappa shape index (κ2) is 8.88. The van der Waals surface area contributed by atoms with E-state index in [1.165, 1.54) is 13.2 Å². The second-order valence-electron chi connectivity index (χ2n) is 4.97. The van der Waals surface area contributed by atoms with E-state index < -0.39 is 0 Å². The van der Waals surface area contributed by atoms with E-state index in [-0.39, 0.29) is 11.6 Å². The van der Waals surface area contributed by atoms with Crippen molar-refractivity contribution in [1.82, 2.24) is 5.32 Å². The van der Waals surface area contributed by atoms with Crippen LogP contribution in [-0.4, -0.2) is 26.9 Å². The zero-order chi connectivity index (χ0) is 14.1. The van der Waals surface area contributed by atoms with Crippen LogP contribution in [0.4, 0.5) is 4.39 Å². The highest BCUT2D eigenvalue weighted by Gasteiger charge is 2.02. The van der Waals surface area contributed by atoms with Gasteiger partial charge >= 0.3 is 0 Å². The van der Waals surface area contributed by atoms with E-state index in [9.17, 15) is 4.39 Å². The second-order valence-corrected chi connectivity index (χ2v) is 4.97. The van der Waals surface area contributed by atoms with Crippen LogP contribution in [0.3, 0.4) is 0 Å². The maximum Gasteiger partial charge on any atom is 0.165 e. The van der Waals surface area contributed by atoms with Crippen LogP contribution in [0.5, 0.6) is 5.75 Å². The number of nitrogens with one attached hydrogen (secondary N) is 1. The molecule has 0 saturated heterocycles. The van der Waals surface area contributed by atoms with Gasteiger partial charge in [0.1, 0.15) is 0 Å². The number of hydrogen-bond donors (Lipinski definition) is 1. The molecule has 0 aliphatic rings. The van der Waals surface area contributed by atoms with Crippen molar-refractivity contribution in [3.8, 4) is 5.75 Å². The van der Waals surface area contributed by atoms with Crippen molar-refractivity contribution >= 4 is 0 Å². The van der Waals surface area contributed by atoms with Gasteiger partial charge in [0.05, 0.1) is 7.11 Å². The van der Waals surface area contributed by atoms with E-state index in [0.717, 1.165) is 31.7 Å². The molecular weight excluding hydrogens is 245 g/mol.